The summed E-state index contributed by atoms with van der Waals surface area (Å²) in [7, 11) is 1.67. The number of hydrogen-bond donors (Lipinski definition) is 2. The third-order valence-corrected chi connectivity index (χ3v) is 5.52. The van der Waals surface area contributed by atoms with Gasteiger partial charge in [0.05, 0.1) is 24.9 Å². The monoisotopic (exact) mass is 408 g/mol. The van der Waals surface area contributed by atoms with E-state index in [0.29, 0.717) is 17.8 Å². The number of rotatable bonds is 7. The summed E-state index contributed by atoms with van der Waals surface area (Å²) in [6.45, 7) is 3.61. The van der Waals surface area contributed by atoms with Crippen molar-refractivity contribution in [2.75, 3.05) is 50.1 Å². The van der Waals surface area contributed by atoms with Gasteiger partial charge in [-0.25, -0.2) is 0 Å². The minimum absolute atomic E-state index is 0.100. The summed E-state index contributed by atoms with van der Waals surface area (Å²) in [4.78, 5) is 29.5. The van der Waals surface area contributed by atoms with Crippen LogP contribution in [0.3, 0.4) is 0 Å². The minimum Gasteiger partial charge on any atom is -0.497 e. The molecule has 1 saturated carbocycles. The molecule has 2 aliphatic rings. The molecule has 2 amide bonds. The van der Waals surface area contributed by atoms with Crippen molar-refractivity contribution < 1.29 is 14.3 Å². The highest BCUT2D eigenvalue weighted by atomic mass is 16.5. The average molecular weight is 409 g/mol. The number of amides is 2. The lowest BCUT2D eigenvalue weighted by atomic mass is 10.1. The van der Waals surface area contributed by atoms with Gasteiger partial charge in [-0.15, -0.1) is 0 Å². The van der Waals surface area contributed by atoms with Crippen LogP contribution in [-0.4, -0.2) is 62.6 Å². The van der Waals surface area contributed by atoms with E-state index in [1.807, 2.05) is 30.3 Å². The fourth-order valence-electron chi connectivity index (χ4n) is 3.65. The number of carbonyl (C=O) groups excluding carboxylic acids is 2. The Hall–Kier alpha value is -3.06. The van der Waals surface area contributed by atoms with Crippen LogP contribution >= 0.6 is 0 Å². The molecule has 0 unspecified atom stereocenters. The van der Waals surface area contributed by atoms with Gasteiger partial charge in [-0.3, -0.25) is 14.5 Å². The summed E-state index contributed by atoms with van der Waals surface area (Å²) in [6.07, 6.45) is 2.06. The number of ether oxygens (including phenoxy) is 1. The zero-order chi connectivity index (χ0) is 20.9. The Morgan fingerprint density at radius 1 is 1.03 bits per heavy atom. The van der Waals surface area contributed by atoms with Gasteiger partial charge in [0.15, 0.2) is 0 Å². The Morgan fingerprint density at radius 3 is 2.53 bits per heavy atom. The van der Waals surface area contributed by atoms with Crippen LogP contribution in [0, 0.1) is 0 Å². The molecule has 158 valence electrons. The van der Waals surface area contributed by atoms with Crippen molar-refractivity contribution in [3.8, 4) is 5.75 Å². The number of carbonyl (C=O) groups is 2. The lowest BCUT2D eigenvalue weighted by molar-refractivity contribution is -0.117. The van der Waals surface area contributed by atoms with Crippen molar-refractivity contribution in [2.45, 2.75) is 18.9 Å². The van der Waals surface area contributed by atoms with E-state index in [0.717, 1.165) is 50.5 Å². The Morgan fingerprint density at radius 2 is 1.80 bits per heavy atom. The highest BCUT2D eigenvalue weighted by Gasteiger charge is 2.25. The van der Waals surface area contributed by atoms with Crippen LogP contribution in [0.25, 0.3) is 0 Å². The van der Waals surface area contributed by atoms with E-state index in [9.17, 15) is 9.59 Å². The topological polar surface area (TPSA) is 73.9 Å². The highest BCUT2D eigenvalue weighted by molar-refractivity contribution is 6.04. The second-order valence-corrected chi connectivity index (χ2v) is 7.81. The summed E-state index contributed by atoms with van der Waals surface area (Å²) < 4.78 is 5.31. The SMILES string of the molecule is COc1cccc(N2CCN(CC(=O)Nc3ccccc3C(=O)NC3CC3)CC2)c1. The molecule has 1 aliphatic heterocycles. The molecule has 0 aromatic heterocycles. The number of para-hydroxylation sites is 1. The number of piperazine rings is 1. The first kappa shape index (κ1) is 20.2. The number of hydrogen-bond acceptors (Lipinski definition) is 5. The van der Waals surface area contributed by atoms with Crippen molar-refractivity contribution >= 4 is 23.2 Å². The van der Waals surface area contributed by atoms with Crippen LogP contribution in [0.2, 0.25) is 0 Å². The highest BCUT2D eigenvalue weighted by Crippen LogP contribution is 2.23. The second-order valence-electron chi connectivity index (χ2n) is 7.81. The lowest BCUT2D eigenvalue weighted by Crippen LogP contribution is -2.48. The first-order chi connectivity index (χ1) is 14.6. The molecular formula is C23H28N4O3. The number of benzene rings is 2. The maximum Gasteiger partial charge on any atom is 0.253 e. The Bertz CT molecular complexity index is 905. The molecule has 7 heteroatoms. The van der Waals surface area contributed by atoms with Gasteiger partial charge in [0.1, 0.15) is 5.75 Å². The number of methoxy groups -OCH3 is 1. The van der Waals surface area contributed by atoms with E-state index in [1.165, 1.54) is 0 Å². The van der Waals surface area contributed by atoms with E-state index in [-0.39, 0.29) is 17.9 Å². The van der Waals surface area contributed by atoms with Gasteiger partial charge >= 0.3 is 0 Å². The van der Waals surface area contributed by atoms with Crippen molar-refractivity contribution in [3.05, 3.63) is 54.1 Å². The summed E-state index contributed by atoms with van der Waals surface area (Å²) in [5.41, 5.74) is 2.21. The summed E-state index contributed by atoms with van der Waals surface area (Å²) in [6, 6.07) is 15.5. The quantitative estimate of drug-likeness (QED) is 0.736. The molecule has 1 saturated heterocycles. The van der Waals surface area contributed by atoms with Crippen molar-refractivity contribution in [1.82, 2.24) is 10.2 Å². The molecular weight excluding hydrogens is 380 g/mol. The van der Waals surface area contributed by atoms with Gasteiger partial charge < -0.3 is 20.3 Å². The zero-order valence-corrected chi connectivity index (χ0v) is 17.3. The second kappa shape index (κ2) is 9.17. The Balaban J connectivity index is 1.30. The van der Waals surface area contributed by atoms with Crippen LogP contribution in [-0.2, 0) is 4.79 Å². The molecule has 0 radical (unpaired) electrons. The summed E-state index contributed by atoms with van der Waals surface area (Å²) in [5, 5.41) is 5.90. The van der Waals surface area contributed by atoms with E-state index in [1.54, 1.807) is 19.2 Å². The van der Waals surface area contributed by atoms with Gasteiger partial charge in [-0.05, 0) is 37.1 Å². The third kappa shape index (κ3) is 5.10. The van der Waals surface area contributed by atoms with Crippen LogP contribution < -0.4 is 20.3 Å². The molecule has 0 atom stereocenters. The standard InChI is InChI=1S/C23H28N4O3/c1-30-19-6-4-5-18(15-19)27-13-11-26(12-14-27)16-22(28)25-21-8-3-2-7-20(21)23(29)24-17-9-10-17/h2-8,15,17H,9-14,16H2,1H3,(H,24,29)(H,25,28). The number of anilines is 2. The van der Waals surface area contributed by atoms with Gasteiger partial charge in [-0.1, -0.05) is 18.2 Å². The third-order valence-electron chi connectivity index (χ3n) is 5.52. The predicted molar refractivity (Wildman–Crippen MR) is 117 cm³/mol. The molecule has 2 aromatic carbocycles. The molecule has 7 nitrogen and oxygen atoms in total. The van der Waals surface area contributed by atoms with Crippen LogP contribution in [0.15, 0.2) is 48.5 Å². The molecule has 0 bridgehead atoms. The fraction of sp³-hybridized carbons (Fsp3) is 0.391. The van der Waals surface area contributed by atoms with E-state index < -0.39 is 0 Å². The smallest absolute Gasteiger partial charge is 0.253 e. The van der Waals surface area contributed by atoms with Gasteiger partial charge in [0, 0.05) is 44.0 Å². The fourth-order valence-corrected chi connectivity index (χ4v) is 3.65. The molecule has 0 spiro atoms. The Labute approximate surface area is 177 Å². The summed E-state index contributed by atoms with van der Waals surface area (Å²) in [5.74, 6) is 0.621. The van der Waals surface area contributed by atoms with Crippen LogP contribution in [0.5, 0.6) is 5.75 Å². The number of nitrogens with zero attached hydrogens (tertiary/aromatic N) is 2. The molecule has 1 heterocycles. The molecule has 30 heavy (non-hydrogen) atoms. The van der Waals surface area contributed by atoms with E-state index in [4.69, 9.17) is 4.74 Å². The van der Waals surface area contributed by atoms with Crippen molar-refractivity contribution in [3.63, 3.8) is 0 Å². The molecule has 2 aromatic rings. The van der Waals surface area contributed by atoms with Gasteiger partial charge in [0.2, 0.25) is 5.91 Å². The van der Waals surface area contributed by atoms with Gasteiger partial charge in [-0.2, -0.15) is 0 Å². The normalized spacial score (nSPS) is 16.8. The van der Waals surface area contributed by atoms with E-state index >= 15 is 0 Å². The number of nitrogens with one attached hydrogen (secondary N) is 2. The minimum atomic E-state index is -0.125. The Kier molecular flexibility index (Phi) is 6.18. The summed E-state index contributed by atoms with van der Waals surface area (Å²) >= 11 is 0. The molecule has 2 fully saturated rings. The van der Waals surface area contributed by atoms with Crippen LogP contribution in [0.4, 0.5) is 11.4 Å². The van der Waals surface area contributed by atoms with E-state index in [2.05, 4.69) is 26.5 Å². The molecule has 4 rings (SSSR count). The van der Waals surface area contributed by atoms with Crippen molar-refractivity contribution in [1.29, 1.82) is 0 Å². The largest absolute Gasteiger partial charge is 0.497 e. The average Bonchev–Trinajstić information content (AvgIpc) is 3.58. The first-order valence-corrected chi connectivity index (χ1v) is 10.4. The maximum atomic E-state index is 12.6. The maximum absolute atomic E-state index is 12.6. The molecule has 1 aliphatic carbocycles. The lowest BCUT2D eigenvalue weighted by Gasteiger charge is -2.35. The van der Waals surface area contributed by atoms with Gasteiger partial charge in [0.25, 0.3) is 5.91 Å². The van der Waals surface area contributed by atoms with Crippen LogP contribution in [0.1, 0.15) is 23.2 Å². The predicted octanol–water partition coefficient (Wildman–Crippen LogP) is 2.35. The first-order valence-electron chi connectivity index (χ1n) is 10.4. The molecule has 2 N–H and O–H groups in total. The van der Waals surface area contributed by atoms with Crippen molar-refractivity contribution in [2.24, 2.45) is 0 Å². The zero-order valence-electron chi connectivity index (χ0n) is 17.3.